The number of nitrogens with zero attached hydrogens (tertiary/aromatic N) is 5. The van der Waals surface area contributed by atoms with Crippen molar-refractivity contribution >= 4 is 11.5 Å². The van der Waals surface area contributed by atoms with Gasteiger partial charge in [0.05, 0.1) is 30.3 Å². The van der Waals surface area contributed by atoms with Crippen LogP contribution in [0.5, 0.6) is 0 Å². The molecule has 32 heavy (non-hydrogen) atoms. The van der Waals surface area contributed by atoms with E-state index in [9.17, 15) is 4.39 Å². The lowest BCUT2D eigenvalue weighted by Crippen LogP contribution is -2.44. The lowest BCUT2D eigenvalue weighted by atomic mass is 9.73. The molecule has 164 valence electrons. The second-order valence-corrected chi connectivity index (χ2v) is 8.75. The predicted octanol–water partition coefficient (Wildman–Crippen LogP) is 3.84. The molecule has 2 aromatic heterocycles. The number of pyridine rings is 1. The van der Waals surface area contributed by atoms with Gasteiger partial charge in [0.25, 0.3) is 0 Å². The molecular formula is C25H27FN6. The minimum atomic E-state index is -0.393. The monoisotopic (exact) mass is 430 g/mol. The average Bonchev–Trinajstić information content (AvgIpc) is 3.34. The van der Waals surface area contributed by atoms with Crippen molar-refractivity contribution in [2.24, 2.45) is 16.1 Å². The van der Waals surface area contributed by atoms with Crippen LogP contribution in [0.15, 0.2) is 53.9 Å². The number of rotatable bonds is 2. The number of nitrogens with two attached hydrogens (primary N) is 1. The van der Waals surface area contributed by atoms with Gasteiger partial charge < -0.3 is 10.6 Å². The fraction of sp³-hybridized carbons (Fsp3) is 0.360. The van der Waals surface area contributed by atoms with E-state index in [2.05, 4.69) is 44.1 Å². The molecule has 2 N–H and O–H groups in total. The van der Waals surface area contributed by atoms with Crippen LogP contribution in [-0.2, 0) is 13.0 Å². The van der Waals surface area contributed by atoms with Crippen molar-refractivity contribution in [1.82, 2.24) is 15.0 Å². The lowest BCUT2D eigenvalue weighted by Gasteiger charge is -2.42. The second-order valence-electron chi connectivity index (χ2n) is 8.75. The van der Waals surface area contributed by atoms with Crippen molar-refractivity contribution in [3.63, 3.8) is 0 Å². The fourth-order valence-corrected chi connectivity index (χ4v) is 5.37. The van der Waals surface area contributed by atoms with E-state index in [1.807, 2.05) is 0 Å². The van der Waals surface area contributed by atoms with Gasteiger partial charge in [-0.05, 0) is 41.9 Å². The molecule has 1 spiro atoms. The maximum atomic E-state index is 14.2. The molecule has 4 heterocycles. The molecule has 7 heteroatoms. The van der Waals surface area contributed by atoms with Crippen molar-refractivity contribution < 1.29 is 4.39 Å². The highest BCUT2D eigenvalue weighted by molar-refractivity contribution is 6.13. The van der Waals surface area contributed by atoms with E-state index in [0.717, 1.165) is 43.9 Å². The fourth-order valence-electron chi connectivity index (χ4n) is 5.37. The third-order valence-corrected chi connectivity index (χ3v) is 7.15. The van der Waals surface area contributed by atoms with Crippen molar-refractivity contribution in [2.45, 2.75) is 39.3 Å². The predicted molar refractivity (Wildman–Crippen MR) is 123 cm³/mol. The van der Waals surface area contributed by atoms with Crippen molar-refractivity contribution in [3.05, 3.63) is 82.8 Å². The summed E-state index contributed by atoms with van der Waals surface area (Å²) in [6.07, 6.45) is 7.68. The summed E-state index contributed by atoms with van der Waals surface area (Å²) in [6.45, 7) is 2.23. The Morgan fingerprint density at radius 3 is 2.69 bits per heavy atom. The molecule has 1 aliphatic carbocycles. The maximum Gasteiger partial charge on any atom is 0.150 e. The zero-order valence-corrected chi connectivity index (χ0v) is 17.1. The molecule has 1 fully saturated rings. The zero-order valence-electron chi connectivity index (χ0n) is 17.1. The normalized spacial score (nSPS) is 20.5. The Labute approximate surface area is 187 Å². The number of piperidine rings is 1. The molecule has 0 saturated carbocycles. The number of benzene rings is 1. The van der Waals surface area contributed by atoms with Gasteiger partial charge >= 0.3 is 0 Å². The zero-order chi connectivity index (χ0) is 21.0. The van der Waals surface area contributed by atoms with Gasteiger partial charge in [0.15, 0.2) is 5.82 Å². The largest absolute Gasteiger partial charge is 0.355 e. The van der Waals surface area contributed by atoms with E-state index >= 15 is 0 Å². The molecule has 1 aromatic carbocycles. The second kappa shape index (κ2) is 7.74. The van der Waals surface area contributed by atoms with E-state index in [-0.39, 0.29) is 18.9 Å². The van der Waals surface area contributed by atoms with Crippen LogP contribution in [0.2, 0.25) is 0 Å². The highest BCUT2D eigenvalue weighted by atomic mass is 19.1. The van der Waals surface area contributed by atoms with E-state index < -0.39 is 5.82 Å². The first-order chi connectivity index (χ1) is 15.1. The molecule has 2 aliphatic heterocycles. The van der Waals surface area contributed by atoms with Gasteiger partial charge in [-0.2, -0.15) is 0 Å². The van der Waals surface area contributed by atoms with Crippen LogP contribution in [0.1, 0.15) is 54.4 Å². The topological polar surface area (TPSA) is 80.3 Å². The number of anilines is 1. The van der Waals surface area contributed by atoms with Crippen molar-refractivity contribution in [2.75, 3.05) is 18.0 Å². The Morgan fingerprint density at radius 2 is 1.91 bits per heavy atom. The minimum Gasteiger partial charge on any atom is -0.355 e. The number of hydrogen-bond acceptors (Lipinski definition) is 6. The number of fused-ring (bicyclic) bond motifs is 2. The van der Waals surface area contributed by atoms with Crippen molar-refractivity contribution in [3.8, 4) is 0 Å². The standard InChI is InChI=1S/C24H23FN6.CH4/c25-18-12-27-8-5-17(18)21-22-19(13-28-21)30-20(14-29-22)31-9-6-24(7-10-31)11-15-3-1-2-4-16(15)23(24)26;/h1-5,8,12,14,23H,6-7,9-11,13,26H2;1H4/t23-;/m0./s1. The summed E-state index contributed by atoms with van der Waals surface area (Å²) in [6, 6.07) is 10.3. The van der Waals surface area contributed by atoms with Crippen molar-refractivity contribution in [1.29, 1.82) is 0 Å². The molecule has 0 bridgehead atoms. The summed E-state index contributed by atoms with van der Waals surface area (Å²) in [4.78, 5) is 20.1. The van der Waals surface area contributed by atoms with Gasteiger partial charge in [-0.25, -0.2) is 14.4 Å². The van der Waals surface area contributed by atoms with Crippen LogP contribution >= 0.6 is 0 Å². The smallest absolute Gasteiger partial charge is 0.150 e. The van der Waals surface area contributed by atoms with E-state index in [1.54, 1.807) is 18.5 Å². The average molecular weight is 431 g/mol. The van der Waals surface area contributed by atoms with Crippen LogP contribution in [0, 0.1) is 11.2 Å². The Hall–Kier alpha value is -3.19. The van der Waals surface area contributed by atoms with Gasteiger partial charge in [-0.1, -0.05) is 31.7 Å². The van der Waals surface area contributed by atoms with Gasteiger partial charge in [0.2, 0.25) is 0 Å². The summed E-state index contributed by atoms with van der Waals surface area (Å²) >= 11 is 0. The molecular weight excluding hydrogens is 403 g/mol. The third kappa shape index (κ3) is 3.11. The summed E-state index contributed by atoms with van der Waals surface area (Å²) in [5, 5.41) is 0. The molecule has 0 radical (unpaired) electrons. The van der Waals surface area contributed by atoms with Crippen LogP contribution in [0.25, 0.3) is 0 Å². The van der Waals surface area contributed by atoms with Crippen LogP contribution in [0.4, 0.5) is 10.2 Å². The molecule has 0 amide bonds. The summed E-state index contributed by atoms with van der Waals surface area (Å²) in [7, 11) is 0. The van der Waals surface area contributed by atoms with E-state index in [0.29, 0.717) is 23.5 Å². The third-order valence-electron chi connectivity index (χ3n) is 7.15. The number of halogens is 1. The summed E-state index contributed by atoms with van der Waals surface area (Å²) in [5.74, 6) is 0.472. The van der Waals surface area contributed by atoms with Gasteiger partial charge in [0, 0.05) is 30.9 Å². The summed E-state index contributed by atoms with van der Waals surface area (Å²) in [5.41, 5.74) is 12.0. The molecule has 0 unspecified atom stereocenters. The van der Waals surface area contributed by atoms with Gasteiger partial charge in [-0.3, -0.25) is 9.98 Å². The molecule has 6 rings (SSSR count). The number of aliphatic imine (C=N–C) groups is 1. The Balaban J connectivity index is 0.00000216. The highest BCUT2D eigenvalue weighted by Crippen LogP contribution is 2.50. The molecule has 3 aromatic rings. The molecule has 1 saturated heterocycles. The number of aromatic nitrogens is 3. The summed E-state index contributed by atoms with van der Waals surface area (Å²) < 4.78 is 14.2. The van der Waals surface area contributed by atoms with E-state index in [1.165, 1.54) is 17.3 Å². The van der Waals surface area contributed by atoms with Crippen LogP contribution in [0.3, 0.4) is 0 Å². The molecule has 3 aliphatic rings. The Bertz CT molecular complexity index is 1200. The quantitative estimate of drug-likeness (QED) is 0.668. The Morgan fingerprint density at radius 1 is 1.09 bits per heavy atom. The first-order valence-corrected chi connectivity index (χ1v) is 10.7. The first kappa shape index (κ1) is 20.7. The minimum absolute atomic E-state index is 0. The lowest BCUT2D eigenvalue weighted by molar-refractivity contribution is 0.187. The SMILES string of the molecule is C.N[C@H]1c2ccccc2CC12CCN(c1cnc3c(n1)CN=C3c1ccncc1F)CC2. The van der Waals surface area contributed by atoms with Gasteiger partial charge in [-0.15, -0.1) is 0 Å². The van der Waals surface area contributed by atoms with E-state index in [4.69, 9.17) is 10.7 Å². The Kier molecular flexibility index (Phi) is 5.01. The highest BCUT2D eigenvalue weighted by Gasteiger charge is 2.46. The molecule has 1 atom stereocenters. The van der Waals surface area contributed by atoms with Crippen LogP contribution in [-0.4, -0.2) is 33.8 Å². The van der Waals surface area contributed by atoms with Crippen LogP contribution < -0.4 is 10.6 Å². The first-order valence-electron chi connectivity index (χ1n) is 10.7. The maximum absolute atomic E-state index is 14.2. The molecule has 6 nitrogen and oxygen atoms in total. The number of hydrogen-bond donors (Lipinski definition) is 1. The van der Waals surface area contributed by atoms with Gasteiger partial charge in [0.1, 0.15) is 11.5 Å².